The van der Waals surface area contributed by atoms with Crippen molar-refractivity contribution in [3.05, 3.63) is 41.8 Å². The molecule has 142 valence electrons. The molecule has 2 aromatic carbocycles. The fourth-order valence-corrected chi connectivity index (χ4v) is 3.43. The first-order chi connectivity index (χ1) is 12.9. The Bertz CT molecular complexity index is 1090. The summed E-state index contributed by atoms with van der Waals surface area (Å²) < 4.78 is 39.9. The molecule has 27 heavy (non-hydrogen) atoms. The van der Waals surface area contributed by atoms with Crippen molar-refractivity contribution in [2.45, 2.75) is 11.8 Å². The van der Waals surface area contributed by atoms with Crippen molar-refractivity contribution >= 4 is 33.1 Å². The van der Waals surface area contributed by atoms with Gasteiger partial charge < -0.3 is 19.0 Å². The van der Waals surface area contributed by atoms with Gasteiger partial charge in [-0.2, -0.15) is 0 Å². The summed E-state index contributed by atoms with van der Waals surface area (Å²) in [6.45, 7) is 1.59. The number of aromatic hydroxyl groups is 1. The first-order valence-electron chi connectivity index (χ1n) is 8.14. The van der Waals surface area contributed by atoms with Gasteiger partial charge >= 0.3 is 0 Å². The van der Waals surface area contributed by atoms with Crippen LogP contribution < -0.4 is 9.47 Å². The van der Waals surface area contributed by atoms with Gasteiger partial charge in [-0.05, 0) is 42.0 Å². The molecule has 0 atom stereocenters. The number of benzene rings is 2. The molecule has 0 amide bonds. The minimum absolute atomic E-state index is 0.0215. The first kappa shape index (κ1) is 18.8. The summed E-state index contributed by atoms with van der Waals surface area (Å²) >= 11 is 0. The molecular weight excluding hydrogens is 370 g/mol. The maximum atomic E-state index is 12.0. The lowest BCUT2D eigenvalue weighted by atomic mass is 10.1. The van der Waals surface area contributed by atoms with Gasteiger partial charge in [-0.25, -0.2) is 13.4 Å². The number of phenols is 1. The van der Waals surface area contributed by atoms with Crippen molar-refractivity contribution in [2.75, 3.05) is 20.0 Å². The Kier molecular flexibility index (Phi) is 5.09. The Morgan fingerprint density at radius 3 is 2.37 bits per heavy atom. The lowest BCUT2D eigenvalue weighted by molar-refractivity contribution is 0.340. The van der Waals surface area contributed by atoms with Crippen LogP contribution in [0, 0.1) is 0 Å². The second kappa shape index (κ2) is 7.32. The van der Waals surface area contributed by atoms with Crippen LogP contribution in [0.3, 0.4) is 0 Å². The molecule has 0 saturated carbocycles. The van der Waals surface area contributed by atoms with Gasteiger partial charge in [-0.3, -0.25) is 0 Å². The number of methoxy groups -OCH3 is 2. The SMILES string of the molecule is CCS(=O)(=O)c1ccc2oc(/C=C/c3cc(OC)c(O)c(OC)c3)nc2c1. The average Bonchev–Trinajstić information content (AvgIpc) is 3.09. The van der Waals surface area contributed by atoms with E-state index in [4.69, 9.17) is 13.9 Å². The molecule has 0 fully saturated rings. The number of fused-ring (bicyclic) bond motifs is 1. The molecule has 0 spiro atoms. The second-order valence-electron chi connectivity index (χ2n) is 5.69. The molecule has 3 aromatic rings. The number of phenolic OH excluding ortho intramolecular Hbond substituents is 1. The Morgan fingerprint density at radius 2 is 1.78 bits per heavy atom. The molecule has 0 bridgehead atoms. The van der Waals surface area contributed by atoms with Crippen molar-refractivity contribution in [2.24, 2.45) is 0 Å². The predicted octanol–water partition coefficient (Wildman–Crippen LogP) is 3.51. The van der Waals surface area contributed by atoms with Crippen LogP contribution >= 0.6 is 0 Å². The van der Waals surface area contributed by atoms with E-state index in [-0.39, 0.29) is 27.9 Å². The van der Waals surface area contributed by atoms with E-state index < -0.39 is 9.84 Å². The van der Waals surface area contributed by atoms with Crippen LogP contribution in [-0.4, -0.2) is 38.5 Å². The minimum atomic E-state index is -3.31. The fourth-order valence-electron chi connectivity index (χ4n) is 2.53. The molecule has 1 heterocycles. The number of ether oxygens (including phenoxy) is 2. The number of hydrogen-bond donors (Lipinski definition) is 1. The molecule has 7 nitrogen and oxygen atoms in total. The summed E-state index contributed by atoms with van der Waals surface area (Å²) in [6.07, 6.45) is 3.36. The van der Waals surface area contributed by atoms with E-state index in [0.29, 0.717) is 22.6 Å². The number of hydrogen-bond acceptors (Lipinski definition) is 7. The zero-order chi connectivity index (χ0) is 19.6. The normalized spacial score (nSPS) is 12.0. The maximum Gasteiger partial charge on any atom is 0.220 e. The van der Waals surface area contributed by atoms with E-state index >= 15 is 0 Å². The van der Waals surface area contributed by atoms with E-state index in [1.807, 2.05) is 0 Å². The molecule has 0 radical (unpaired) electrons. The largest absolute Gasteiger partial charge is 0.502 e. The van der Waals surface area contributed by atoms with E-state index in [9.17, 15) is 13.5 Å². The second-order valence-corrected chi connectivity index (χ2v) is 7.97. The predicted molar refractivity (Wildman–Crippen MR) is 102 cm³/mol. The Balaban J connectivity index is 1.95. The topological polar surface area (TPSA) is 98.9 Å². The third-order valence-corrected chi connectivity index (χ3v) is 5.77. The highest BCUT2D eigenvalue weighted by atomic mass is 32.2. The molecule has 1 N–H and O–H groups in total. The molecule has 3 rings (SSSR count). The van der Waals surface area contributed by atoms with Crippen LogP contribution in [0.5, 0.6) is 17.2 Å². The molecule has 1 aromatic heterocycles. The molecule has 8 heteroatoms. The van der Waals surface area contributed by atoms with Crippen molar-refractivity contribution in [3.63, 3.8) is 0 Å². The molecular formula is C19H19NO6S. The summed E-state index contributed by atoms with van der Waals surface area (Å²) in [5.41, 5.74) is 1.66. The third-order valence-electron chi connectivity index (χ3n) is 4.04. The van der Waals surface area contributed by atoms with Gasteiger partial charge in [0.2, 0.25) is 11.6 Å². The zero-order valence-corrected chi connectivity index (χ0v) is 15.9. The number of aromatic nitrogens is 1. The smallest absolute Gasteiger partial charge is 0.220 e. The highest BCUT2D eigenvalue weighted by Gasteiger charge is 2.14. The van der Waals surface area contributed by atoms with Crippen molar-refractivity contribution in [1.29, 1.82) is 0 Å². The van der Waals surface area contributed by atoms with Crippen LogP contribution in [-0.2, 0) is 9.84 Å². The lowest BCUT2D eigenvalue weighted by Gasteiger charge is -2.09. The monoisotopic (exact) mass is 389 g/mol. The van der Waals surface area contributed by atoms with Crippen LogP contribution in [0.1, 0.15) is 18.4 Å². The highest BCUT2D eigenvalue weighted by molar-refractivity contribution is 7.91. The summed E-state index contributed by atoms with van der Waals surface area (Å²) in [7, 11) is -0.408. The standard InChI is InChI=1S/C19H19NO6S/c1-4-27(22,23)13-6-7-15-14(11-13)20-18(26-15)8-5-12-9-16(24-2)19(21)17(10-12)25-3/h5-11,21H,4H2,1-3H3/b8-5+. The summed E-state index contributed by atoms with van der Waals surface area (Å²) in [4.78, 5) is 4.53. The molecule has 0 aliphatic carbocycles. The lowest BCUT2D eigenvalue weighted by Crippen LogP contribution is -2.03. The number of rotatable bonds is 6. The Morgan fingerprint density at radius 1 is 1.11 bits per heavy atom. The first-order valence-corrected chi connectivity index (χ1v) is 9.79. The van der Waals surface area contributed by atoms with Gasteiger partial charge in [-0.1, -0.05) is 6.92 Å². The average molecular weight is 389 g/mol. The van der Waals surface area contributed by atoms with Crippen molar-refractivity contribution in [3.8, 4) is 17.2 Å². The van der Waals surface area contributed by atoms with E-state index in [1.54, 1.807) is 37.3 Å². The van der Waals surface area contributed by atoms with Crippen molar-refractivity contribution < 1.29 is 27.4 Å². The van der Waals surface area contributed by atoms with Crippen LogP contribution in [0.4, 0.5) is 0 Å². The molecule has 0 aliphatic rings. The van der Waals surface area contributed by atoms with Gasteiger partial charge in [0.25, 0.3) is 0 Å². The number of oxazole rings is 1. The Labute approximate surface area is 156 Å². The van der Waals surface area contributed by atoms with Gasteiger partial charge in [0.1, 0.15) is 5.52 Å². The third kappa shape index (κ3) is 3.75. The molecule has 0 unspecified atom stereocenters. The molecule has 0 aliphatic heterocycles. The highest BCUT2D eigenvalue weighted by Crippen LogP contribution is 2.37. The van der Waals surface area contributed by atoms with Gasteiger partial charge in [0, 0.05) is 6.08 Å². The summed E-state index contributed by atoms with van der Waals surface area (Å²) in [5, 5.41) is 9.95. The number of nitrogens with zero attached hydrogens (tertiary/aromatic N) is 1. The van der Waals surface area contributed by atoms with Gasteiger partial charge in [0.05, 0.1) is 24.9 Å². The van der Waals surface area contributed by atoms with E-state index in [2.05, 4.69) is 4.98 Å². The van der Waals surface area contributed by atoms with E-state index in [0.717, 1.165) is 0 Å². The Hall–Kier alpha value is -3.00. The maximum absolute atomic E-state index is 12.0. The van der Waals surface area contributed by atoms with Gasteiger partial charge in [0.15, 0.2) is 26.9 Å². The van der Waals surface area contributed by atoms with E-state index in [1.165, 1.54) is 26.4 Å². The van der Waals surface area contributed by atoms with Crippen LogP contribution in [0.15, 0.2) is 39.6 Å². The minimum Gasteiger partial charge on any atom is -0.502 e. The van der Waals surface area contributed by atoms with Crippen molar-refractivity contribution in [1.82, 2.24) is 4.98 Å². The number of sulfone groups is 1. The molecule has 0 saturated heterocycles. The zero-order valence-electron chi connectivity index (χ0n) is 15.1. The fraction of sp³-hybridized carbons (Fsp3) is 0.211. The quantitative estimate of drug-likeness (QED) is 0.689. The van der Waals surface area contributed by atoms with Crippen LogP contribution in [0.25, 0.3) is 23.3 Å². The van der Waals surface area contributed by atoms with Crippen LogP contribution in [0.2, 0.25) is 0 Å². The summed E-state index contributed by atoms with van der Waals surface area (Å²) in [5.74, 6) is 0.820. The summed E-state index contributed by atoms with van der Waals surface area (Å²) in [6, 6.07) is 7.89. The van der Waals surface area contributed by atoms with Gasteiger partial charge in [-0.15, -0.1) is 0 Å².